The molecule has 3 heterocycles. The van der Waals surface area contributed by atoms with Crippen molar-refractivity contribution in [3.8, 4) is 0 Å². The van der Waals surface area contributed by atoms with Crippen molar-refractivity contribution in [1.82, 2.24) is 19.3 Å². The van der Waals surface area contributed by atoms with E-state index in [1.807, 2.05) is 31.4 Å². The molecule has 1 atom stereocenters. The highest BCUT2D eigenvalue weighted by Crippen LogP contribution is 2.31. The molecule has 1 aliphatic rings. The van der Waals surface area contributed by atoms with E-state index in [1.54, 1.807) is 11.1 Å². The minimum Gasteiger partial charge on any atom is -0.444 e. The van der Waals surface area contributed by atoms with Crippen molar-refractivity contribution < 1.29 is 9.53 Å². The summed E-state index contributed by atoms with van der Waals surface area (Å²) in [6.45, 7) is 6.89. The second kappa shape index (κ2) is 6.08. The highest BCUT2D eigenvalue weighted by molar-refractivity contribution is 14.1. The maximum absolute atomic E-state index is 12.2. The Morgan fingerprint density at radius 1 is 1.48 bits per heavy atom. The molecule has 23 heavy (non-hydrogen) atoms. The second-order valence-electron chi connectivity index (χ2n) is 6.61. The number of hydrogen-bond acceptors (Lipinski definition) is 4. The van der Waals surface area contributed by atoms with Crippen LogP contribution in [0.5, 0.6) is 0 Å². The monoisotopic (exact) mass is 448 g/mol. The van der Waals surface area contributed by atoms with Crippen LogP contribution in [0.3, 0.4) is 0 Å². The molecule has 0 bridgehead atoms. The number of fused-ring (bicyclic) bond motifs is 1. The Morgan fingerprint density at radius 3 is 2.91 bits per heavy atom. The summed E-state index contributed by atoms with van der Waals surface area (Å²) >= 11 is 8.34. The van der Waals surface area contributed by atoms with Crippen LogP contribution in [-0.4, -0.2) is 44.1 Å². The molecular weight excluding hydrogens is 431 g/mol. The van der Waals surface area contributed by atoms with Crippen LogP contribution in [0.1, 0.15) is 38.9 Å². The number of hydrogen-bond donors (Lipinski definition) is 0. The zero-order valence-corrected chi connectivity index (χ0v) is 16.1. The molecule has 124 valence electrons. The number of carbonyl (C=O) groups is 1. The largest absolute Gasteiger partial charge is 0.444 e. The maximum atomic E-state index is 12.2. The van der Waals surface area contributed by atoms with Gasteiger partial charge in [0.05, 0.1) is 0 Å². The van der Waals surface area contributed by atoms with Crippen LogP contribution >= 0.6 is 34.2 Å². The molecule has 0 N–H and O–H groups in total. The molecule has 0 radical (unpaired) electrons. The minimum absolute atomic E-state index is 0.164. The number of rotatable bonds is 1. The lowest BCUT2D eigenvalue weighted by Crippen LogP contribution is -2.35. The summed E-state index contributed by atoms with van der Waals surface area (Å²) in [5, 5.41) is 0.442. The van der Waals surface area contributed by atoms with Crippen molar-refractivity contribution in [2.45, 2.75) is 38.7 Å². The van der Waals surface area contributed by atoms with Gasteiger partial charge in [0.2, 0.25) is 0 Å². The number of nitrogens with zero attached hydrogens (tertiary/aromatic N) is 4. The van der Waals surface area contributed by atoms with Crippen molar-refractivity contribution in [2.75, 3.05) is 13.1 Å². The van der Waals surface area contributed by atoms with E-state index in [-0.39, 0.29) is 12.0 Å². The SMILES string of the molecule is CC(C)(C)OC(=O)N1CC[C@H](c2nc(I)c3c(Cl)nccn23)C1. The van der Waals surface area contributed by atoms with E-state index < -0.39 is 5.60 Å². The first-order valence-corrected chi connectivity index (χ1v) is 8.88. The van der Waals surface area contributed by atoms with Crippen LogP contribution in [0.25, 0.3) is 5.52 Å². The van der Waals surface area contributed by atoms with Gasteiger partial charge in [0, 0.05) is 31.4 Å². The van der Waals surface area contributed by atoms with Gasteiger partial charge in [-0.2, -0.15) is 0 Å². The predicted molar refractivity (Wildman–Crippen MR) is 95.9 cm³/mol. The number of imidazole rings is 1. The standard InChI is InChI=1S/C15H18ClIN4O2/c1-15(2,3)23-14(22)20-6-4-9(8-20)13-19-12(17)10-11(16)18-5-7-21(10)13/h5,7,9H,4,6,8H2,1-3H3/t9-/m0/s1. The van der Waals surface area contributed by atoms with Gasteiger partial charge in [-0.3, -0.25) is 4.40 Å². The predicted octanol–water partition coefficient (Wildman–Crippen LogP) is 3.71. The van der Waals surface area contributed by atoms with E-state index in [2.05, 4.69) is 32.6 Å². The van der Waals surface area contributed by atoms with E-state index in [0.717, 1.165) is 21.5 Å². The summed E-state index contributed by atoms with van der Waals surface area (Å²) in [5.74, 6) is 1.08. The van der Waals surface area contributed by atoms with Gasteiger partial charge in [0.15, 0.2) is 5.15 Å². The van der Waals surface area contributed by atoms with Gasteiger partial charge in [-0.1, -0.05) is 11.6 Å². The third kappa shape index (κ3) is 3.40. The lowest BCUT2D eigenvalue weighted by Gasteiger charge is -2.24. The number of halogens is 2. The average molecular weight is 449 g/mol. The second-order valence-corrected chi connectivity index (χ2v) is 7.99. The molecule has 2 aromatic rings. The van der Waals surface area contributed by atoms with Crippen molar-refractivity contribution in [3.05, 3.63) is 27.1 Å². The smallest absolute Gasteiger partial charge is 0.410 e. The number of ether oxygens (including phenoxy) is 1. The van der Waals surface area contributed by atoms with Gasteiger partial charge < -0.3 is 9.64 Å². The van der Waals surface area contributed by atoms with Gasteiger partial charge in [0.25, 0.3) is 0 Å². The lowest BCUT2D eigenvalue weighted by atomic mass is 10.1. The van der Waals surface area contributed by atoms with Crippen LogP contribution in [0.15, 0.2) is 12.4 Å². The molecule has 2 aromatic heterocycles. The molecule has 3 rings (SSSR count). The minimum atomic E-state index is -0.482. The van der Waals surface area contributed by atoms with E-state index in [1.165, 1.54) is 0 Å². The summed E-state index contributed by atoms with van der Waals surface area (Å²) in [5.41, 5.74) is 0.337. The number of carbonyl (C=O) groups excluding carboxylic acids is 1. The summed E-state index contributed by atoms with van der Waals surface area (Å²) in [7, 11) is 0. The Balaban J connectivity index is 1.83. The van der Waals surface area contributed by atoms with E-state index >= 15 is 0 Å². The Bertz CT molecular complexity index is 756. The Hall–Kier alpha value is -1.09. The van der Waals surface area contributed by atoms with Gasteiger partial charge in [-0.25, -0.2) is 14.8 Å². The average Bonchev–Trinajstić information content (AvgIpc) is 3.02. The molecule has 0 aliphatic carbocycles. The third-order valence-corrected chi connectivity index (χ3v) is 4.73. The molecule has 1 amide bonds. The van der Waals surface area contributed by atoms with Crippen LogP contribution in [0, 0.1) is 3.70 Å². The summed E-state index contributed by atoms with van der Waals surface area (Å²) < 4.78 is 8.24. The number of aromatic nitrogens is 3. The zero-order chi connectivity index (χ0) is 16.8. The molecule has 0 aromatic carbocycles. The topological polar surface area (TPSA) is 59.7 Å². The van der Waals surface area contributed by atoms with E-state index in [0.29, 0.717) is 18.2 Å². The first kappa shape index (κ1) is 16.8. The molecule has 1 aliphatic heterocycles. The molecular formula is C15H18ClIN4O2. The van der Waals surface area contributed by atoms with Gasteiger partial charge in [0.1, 0.15) is 20.6 Å². The summed E-state index contributed by atoms with van der Waals surface area (Å²) in [6, 6.07) is 0. The first-order valence-electron chi connectivity index (χ1n) is 7.42. The van der Waals surface area contributed by atoms with Gasteiger partial charge in [-0.15, -0.1) is 0 Å². The Morgan fingerprint density at radius 2 is 2.22 bits per heavy atom. The van der Waals surface area contributed by atoms with Gasteiger partial charge in [-0.05, 0) is 49.8 Å². The highest BCUT2D eigenvalue weighted by Gasteiger charge is 2.33. The molecule has 6 nitrogen and oxygen atoms in total. The number of likely N-dealkylation sites (tertiary alicyclic amines) is 1. The fourth-order valence-electron chi connectivity index (χ4n) is 2.73. The normalized spacial score (nSPS) is 18.7. The van der Waals surface area contributed by atoms with Crippen molar-refractivity contribution in [1.29, 1.82) is 0 Å². The molecule has 0 spiro atoms. The molecule has 1 saturated heterocycles. The number of amides is 1. The molecule has 1 fully saturated rings. The highest BCUT2D eigenvalue weighted by atomic mass is 127. The van der Waals surface area contributed by atoms with Crippen LogP contribution < -0.4 is 0 Å². The lowest BCUT2D eigenvalue weighted by molar-refractivity contribution is 0.0292. The quantitative estimate of drug-likeness (QED) is 0.624. The van der Waals surface area contributed by atoms with Gasteiger partial charge >= 0.3 is 6.09 Å². The first-order chi connectivity index (χ1) is 10.8. The van der Waals surface area contributed by atoms with Crippen molar-refractivity contribution >= 4 is 45.8 Å². The van der Waals surface area contributed by atoms with Crippen LogP contribution in [0.2, 0.25) is 5.15 Å². The molecule has 8 heteroatoms. The zero-order valence-electron chi connectivity index (χ0n) is 13.2. The maximum Gasteiger partial charge on any atom is 0.410 e. The van der Waals surface area contributed by atoms with Crippen LogP contribution in [-0.2, 0) is 4.74 Å². The fourth-order valence-corrected chi connectivity index (χ4v) is 3.89. The van der Waals surface area contributed by atoms with Crippen molar-refractivity contribution in [3.63, 3.8) is 0 Å². The van der Waals surface area contributed by atoms with E-state index in [4.69, 9.17) is 16.3 Å². The summed E-state index contributed by atoms with van der Waals surface area (Å²) in [6.07, 6.45) is 4.11. The summed E-state index contributed by atoms with van der Waals surface area (Å²) in [4.78, 5) is 22.7. The Labute approximate surface area is 153 Å². The third-order valence-electron chi connectivity index (χ3n) is 3.70. The molecule has 0 unspecified atom stereocenters. The van der Waals surface area contributed by atoms with E-state index in [9.17, 15) is 4.79 Å². The molecule has 0 saturated carbocycles. The van der Waals surface area contributed by atoms with Crippen LogP contribution in [0.4, 0.5) is 4.79 Å². The fraction of sp³-hybridized carbons (Fsp3) is 0.533. The Kier molecular flexibility index (Phi) is 4.43. The van der Waals surface area contributed by atoms with Crippen molar-refractivity contribution in [2.24, 2.45) is 0 Å².